The smallest absolute Gasteiger partial charge is 0.0950 e. The van der Waals surface area contributed by atoms with Crippen LogP contribution in [-0.2, 0) is 5.54 Å². The van der Waals surface area contributed by atoms with Gasteiger partial charge in [-0.05, 0) is 20.8 Å². The summed E-state index contributed by atoms with van der Waals surface area (Å²) in [6.45, 7) is 6.44. The Morgan fingerprint density at radius 2 is 1.90 bits per heavy atom. The van der Waals surface area contributed by atoms with Gasteiger partial charge < -0.3 is 4.57 Å². The van der Waals surface area contributed by atoms with Crippen LogP contribution < -0.4 is 0 Å². The Morgan fingerprint density at radius 3 is 2.10 bits per heavy atom. The van der Waals surface area contributed by atoms with Crippen molar-refractivity contribution >= 4 is 8.41 Å². The van der Waals surface area contributed by atoms with E-state index in [2.05, 4.69) is 30.3 Å². The van der Waals surface area contributed by atoms with Crippen LogP contribution in [0.2, 0.25) is 0 Å². The molecular formula is C7H15BN2. The molecule has 0 radical (unpaired) electrons. The van der Waals surface area contributed by atoms with Crippen molar-refractivity contribution < 1.29 is 0 Å². The van der Waals surface area contributed by atoms with Gasteiger partial charge in [-0.25, -0.2) is 4.98 Å². The van der Waals surface area contributed by atoms with Crippen molar-refractivity contribution in [2.24, 2.45) is 0 Å². The van der Waals surface area contributed by atoms with E-state index in [-0.39, 0.29) is 14.0 Å². The van der Waals surface area contributed by atoms with E-state index in [1.165, 1.54) is 0 Å². The summed E-state index contributed by atoms with van der Waals surface area (Å²) in [5.74, 6) is 0. The number of nitrogens with zero attached hydrogens (tertiary/aromatic N) is 2. The molecule has 0 fully saturated rings. The third kappa shape index (κ3) is 1.90. The van der Waals surface area contributed by atoms with Crippen molar-refractivity contribution in [3.05, 3.63) is 18.7 Å². The molecule has 2 nitrogen and oxygen atoms in total. The highest BCUT2D eigenvalue weighted by atomic mass is 15.1. The van der Waals surface area contributed by atoms with Gasteiger partial charge in [-0.15, -0.1) is 0 Å². The topological polar surface area (TPSA) is 17.8 Å². The molecular weight excluding hydrogens is 123 g/mol. The maximum Gasteiger partial charge on any atom is 0.0950 e. The van der Waals surface area contributed by atoms with E-state index in [4.69, 9.17) is 0 Å². The Balaban J connectivity index is 0.000000810. The van der Waals surface area contributed by atoms with Crippen LogP contribution in [0.5, 0.6) is 0 Å². The van der Waals surface area contributed by atoms with Gasteiger partial charge in [-0.2, -0.15) is 0 Å². The zero-order valence-electron chi connectivity index (χ0n) is 6.13. The van der Waals surface area contributed by atoms with E-state index in [1.807, 2.05) is 12.5 Å². The first-order valence-corrected chi connectivity index (χ1v) is 3.09. The van der Waals surface area contributed by atoms with Crippen molar-refractivity contribution in [2.45, 2.75) is 26.3 Å². The summed E-state index contributed by atoms with van der Waals surface area (Å²) in [7, 11) is 0. The summed E-state index contributed by atoms with van der Waals surface area (Å²) in [6, 6.07) is 0. The molecule has 1 rings (SSSR count). The Morgan fingerprint density at radius 1 is 1.30 bits per heavy atom. The van der Waals surface area contributed by atoms with Gasteiger partial charge in [-0.3, -0.25) is 0 Å². The lowest BCUT2D eigenvalue weighted by molar-refractivity contribution is 0.396. The molecule has 3 heteroatoms. The van der Waals surface area contributed by atoms with Crippen LogP contribution in [0.1, 0.15) is 20.8 Å². The first-order valence-electron chi connectivity index (χ1n) is 3.09. The number of rotatable bonds is 0. The van der Waals surface area contributed by atoms with E-state index < -0.39 is 0 Å². The van der Waals surface area contributed by atoms with Crippen LogP contribution in [0.3, 0.4) is 0 Å². The second-order valence-corrected chi connectivity index (χ2v) is 3.14. The molecule has 10 heavy (non-hydrogen) atoms. The molecule has 0 saturated heterocycles. The largest absolute Gasteiger partial charge is 0.332 e. The normalized spacial score (nSPS) is 10.7. The molecule has 1 aromatic heterocycles. The first-order chi connectivity index (χ1) is 4.11. The van der Waals surface area contributed by atoms with Crippen LogP contribution in [0.25, 0.3) is 0 Å². The lowest BCUT2D eigenvalue weighted by atomic mass is 10.1. The van der Waals surface area contributed by atoms with Gasteiger partial charge in [-0.1, -0.05) is 0 Å². The van der Waals surface area contributed by atoms with Crippen LogP contribution in [0.4, 0.5) is 0 Å². The monoisotopic (exact) mass is 138 g/mol. The zero-order valence-corrected chi connectivity index (χ0v) is 6.13. The van der Waals surface area contributed by atoms with Gasteiger partial charge in [0.2, 0.25) is 0 Å². The van der Waals surface area contributed by atoms with E-state index in [0.717, 1.165) is 0 Å². The molecule has 0 saturated carbocycles. The third-order valence-corrected chi connectivity index (χ3v) is 1.28. The van der Waals surface area contributed by atoms with E-state index in [9.17, 15) is 0 Å². The van der Waals surface area contributed by atoms with Crippen molar-refractivity contribution in [3.8, 4) is 0 Å². The highest BCUT2D eigenvalue weighted by molar-refractivity contribution is 5.75. The standard InChI is InChI=1S/C7H12N2.BH3/c1-7(2,3)9-5-4-8-6-9;/h4-6H,1-3H3;1H3. The number of aromatic nitrogens is 2. The SMILES string of the molecule is B.CC(C)(C)n1ccnc1. The lowest BCUT2D eigenvalue weighted by Crippen LogP contribution is -2.19. The molecule has 0 N–H and O–H groups in total. The molecule has 0 aromatic carbocycles. The van der Waals surface area contributed by atoms with Crippen molar-refractivity contribution in [3.63, 3.8) is 0 Å². The summed E-state index contributed by atoms with van der Waals surface area (Å²) in [5, 5.41) is 0. The minimum atomic E-state index is 0. The van der Waals surface area contributed by atoms with Gasteiger partial charge >= 0.3 is 0 Å². The fraction of sp³-hybridized carbons (Fsp3) is 0.571. The fourth-order valence-corrected chi connectivity index (χ4v) is 0.656. The third-order valence-electron chi connectivity index (χ3n) is 1.28. The quantitative estimate of drug-likeness (QED) is 0.476. The molecule has 0 atom stereocenters. The molecule has 0 amide bonds. The molecule has 56 valence electrons. The summed E-state index contributed by atoms with van der Waals surface area (Å²) in [4.78, 5) is 3.95. The molecule has 1 heterocycles. The first kappa shape index (κ1) is 9.27. The highest BCUT2D eigenvalue weighted by Crippen LogP contribution is 2.11. The van der Waals surface area contributed by atoms with Gasteiger partial charge in [0.05, 0.1) is 14.7 Å². The van der Waals surface area contributed by atoms with Crippen molar-refractivity contribution in [1.82, 2.24) is 9.55 Å². The molecule has 0 bridgehead atoms. The molecule has 0 unspecified atom stereocenters. The summed E-state index contributed by atoms with van der Waals surface area (Å²) < 4.78 is 2.08. The Hall–Kier alpha value is -0.725. The number of imidazole rings is 1. The summed E-state index contributed by atoms with van der Waals surface area (Å²) in [6.07, 6.45) is 5.60. The molecule has 0 aliphatic rings. The van der Waals surface area contributed by atoms with Crippen molar-refractivity contribution in [2.75, 3.05) is 0 Å². The highest BCUT2D eigenvalue weighted by Gasteiger charge is 2.09. The van der Waals surface area contributed by atoms with E-state index >= 15 is 0 Å². The Bertz CT molecular complexity index is 174. The fourth-order valence-electron chi connectivity index (χ4n) is 0.656. The number of hydrogen-bond donors (Lipinski definition) is 0. The molecule has 1 aromatic rings. The molecule has 0 spiro atoms. The Labute approximate surface area is 63.9 Å². The minimum absolute atomic E-state index is 0. The van der Waals surface area contributed by atoms with Gasteiger partial charge in [0, 0.05) is 17.9 Å². The lowest BCUT2D eigenvalue weighted by Gasteiger charge is -2.19. The second kappa shape index (κ2) is 2.91. The summed E-state index contributed by atoms with van der Waals surface area (Å²) >= 11 is 0. The van der Waals surface area contributed by atoms with E-state index in [1.54, 1.807) is 6.20 Å². The number of hydrogen-bond acceptors (Lipinski definition) is 1. The molecule has 0 aliphatic heterocycles. The average Bonchev–Trinajstić information content (AvgIpc) is 2.08. The van der Waals surface area contributed by atoms with Crippen LogP contribution in [0, 0.1) is 0 Å². The predicted molar refractivity (Wildman–Crippen MR) is 47.2 cm³/mol. The zero-order chi connectivity index (χ0) is 6.91. The van der Waals surface area contributed by atoms with Gasteiger partial charge in [0.15, 0.2) is 0 Å². The molecule has 0 aliphatic carbocycles. The van der Waals surface area contributed by atoms with Gasteiger partial charge in [0.25, 0.3) is 0 Å². The van der Waals surface area contributed by atoms with E-state index in [0.29, 0.717) is 0 Å². The van der Waals surface area contributed by atoms with Gasteiger partial charge in [0.1, 0.15) is 0 Å². The Kier molecular flexibility index (Phi) is 2.70. The average molecular weight is 138 g/mol. The summed E-state index contributed by atoms with van der Waals surface area (Å²) in [5.41, 5.74) is 0.177. The van der Waals surface area contributed by atoms with Crippen LogP contribution in [0.15, 0.2) is 18.7 Å². The maximum absolute atomic E-state index is 3.95. The van der Waals surface area contributed by atoms with Crippen LogP contribution in [-0.4, -0.2) is 18.0 Å². The predicted octanol–water partition coefficient (Wildman–Crippen LogP) is 0.454. The van der Waals surface area contributed by atoms with Crippen molar-refractivity contribution in [1.29, 1.82) is 0 Å². The second-order valence-electron chi connectivity index (χ2n) is 3.14. The maximum atomic E-state index is 3.95. The minimum Gasteiger partial charge on any atom is -0.332 e. The van der Waals surface area contributed by atoms with Crippen LogP contribution >= 0.6 is 0 Å².